The van der Waals surface area contributed by atoms with Crippen molar-refractivity contribution in [3.63, 3.8) is 0 Å². The summed E-state index contributed by atoms with van der Waals surface area (Å²) in [5.74, 6) is -1.06. The molecule has 2 aromatic rings. The number of carbonyl (C=O) groups excluding carboxylic acids is 1. The minimum atomic E-state index is -1.10. The molecule has 1 amide bonds. The molecule has 0 spiro atoms. The number of carbonyl (C=O) groups is 1. The predicted molar refractivity (Wildman–Crippen MR) is 100 cm³/mol. The number of halogens is 3. The summed E-state index contributed by atoms with van der Waals surface area (Å²) < 4.78 is 14.7. The minimum Gasteiger partial charge on any atom is -0.394 e. The number of rotatable bonds is 7. The van der Waals surface area contributed by atoms with E-state index in [-0.39, 0.29) is 30.3 Å². The van der Waals surface area contributed by atoms with Gasteiger partial charge in [0.05, 0.1) is 29.7 Å². The van der Waals surface area contributed by atoms with Crippen LogP contribution in [0.15, 0.2) is 36.7 Å². The average Bonchev–Trinajstić information content (AvgIpc) is 2.57. The summed E-state index contributed by atoms with van der Waals surface area (Å²) in [5, 5.41) is 20.6. The summed E-state index contributed by atoms with van der Waals surface area (Å²) in [6.07, 6.45) is 1.70. The third kappa shape index (κ3) is 6.36. The Balaban J connectivity index is 0.00000312. The molecule has 0 fully saturated rings. The van der Waals surface area contributed by atoms with Crippen LogP contribution >= 0.6 is 35.0 Å². The quantitative estimate of drug-likeness (QED) is 0.355. The summed E-state index contributed by atoms with van der Waals surface area (Å²) in [5.41, 5.74) is 2.82. The number of nitrogens with one attached hydrogen (secondary N) is 2. The summed E-state index contributed by atoms with van der Waals surface area (Å²) in [6.45, 7) is -0.744. The number of hydroxylamine groups is 1. The number of amides is 1. The highest BCUT2D eigenvalue weighted by Crippen LogP contribution is 2.23. The van der Waals surface area contributed by atoms with Crippen LogP contribution in [0, 0.1) is 9.39 Å². The van der Waals surface area contributed by atoms with Crippen molar-refractivity contribution in [3.05, 3.63) is 51.6 Å². The molecule has 136 valence electrons. The molecule has 0 aliphatic rings. The van der Waals surface area contributed by atoms with E-state index in [1.165, 1.54) is 24.5 Å². The van der Waals surface area contributed by atoms with Crippen LogP contribution in [-0.2, 0) is 4.84 Å². The van der Waals surface area contributed by atoms with E-state index in [0.717, 1.165) is 3.57 Å². The molecule has 0 unspecified atom stereocenters. The van der Waals surface area contributed by atoms with Crippen molar-refractivity contribution in [1.82, 2.24) is 10.5 Å². The maximum atomic E-state index is 13.9. The van der Waals surface area contributed by atoms with E-state index in [2.05, 4.69) is 15.8 Å². The highest BCUT2D eigenvalue weighted by atomic mass is 127. The Hall–Kier alpha value is -1.53. The summed E-state index contributed by atoms with van der Waals surface area (Å²) in [6, 6.07) is 6.08. The van der Waals surface area contributed by atoms with Crippen molar-refractivity contribution in [1.29, 1.82) is 0 Å². The van der Waals surface area contributed by atoms with Gasteiger partial charge in [-0.25, -0.2) is 9.87 Å². The number of aliphatic hydroxyl groups is 2. The summed E-state index contributed by atoms with van der Waals surface area (Å²) in [4.78, 5) is 20.8. The van der Waals surface area contributed by atoms with Gasteiger partial charge in [-0.3, -0.25) is 14.6 Å². The van der Waals surface area contributed by atoms with Gasteiger partial charge in [0, 0.05) is 9.77 Å². The van der Waals surface area contributed by atoms with Crippen molar-refractivity contribution in [2.24, 2.45) is 0 Å². The molecule has 7 nitrogen and oxygen atoms in total. The fourth-order valence-corrected chi connectivity index (χ4v) is 2.19. The van der Waals surface area contributed by atoms with E-state index < -0.39 is 24.4 Å². The van der Waals surface area contributed by atoms with E-state index in [1.54, 1.807) is 12.1 Å². The first kappa shape index (κ1) is 21.5. The van der Waals surface area contributed by atoms with Crippen molar-refractivity contribution < 1.29 is 24.2 Å². The van der Waals surface area contributed by atoms with Gasteiger partial charge in [-0.15, -0.1) is 12.4 Å². The molecule has 0 saturated carbocycles. The van der Waals surface area contributed by atoms with E-state index in [4.69, 9.17) is 15.1 Å². The number of aliphatic hydroxyl groups excluding tert-OH is 2. The Kier molecular flexibility index (Phi) is 9.00. The van der Waals surface area contributed by atoms with Gasteiger partial charge >= 0.3 is 0 Å². The average molecular weight is 484 g/mol. The molecular weight excluding hydrogens is 468 g/mol. The Labute approximate surface area is 163 Å². The Morgan fingerprint density at radius 3 is 2.80 bits per heavy atom. The Morgan fingerprint density at radius 2 is 2.12 bits per heavy atom. The van der Waals surface area contributed by atoms with Crippen molar-refractivity contribution in [2.75, 3.05) is 18.5 Å². The number of nitrogens with zero attached hydrogens (tertiary/aromatic N) is 1. The molecule has 4 N–H and O–H groups in total. The van der Waals surface area contributed by atoms with Gasteiger partial charge in [-0.2, -0.15) is 0 Å². The molecule has 25 heavy (non-hydrogen) atoms. The second kappa shape index (κ2) is 10.5. The van der Waals surface area contributed by atoms with Crippen molar-refractivity contribution in [2.45, 2.75) is 6.10 Å². The van der Waals surface area contributed by atoms with Crippen LogP contribution in [-0.4, -0.2) is 40.4 Å². The van der Waals surface area contributed by atoms with Crippen LogP contribution in [0.5, 0.6) is 0 Å². The van der Waals surface area contributed by atoms with Gasteiger partial charge in [0.15, 0.2) is 0 Å². The second-order valence-electron chi connectivity index (χ2n) is 4.75. The third-order valence-electron chi connectivity index (χ3n) is 2.92. The predicted octanol–water partition coefficient (Wildman–Crippen LogP) is 2.01. The number of hydrogen-bond acceptors (Lipinski definition) is 6. The van der Waals surface area contributed by atoms with Crippen molar-refractivity contribution in [3.8, 4) is 0 Å². The molecule has 1 aromatic carbocycles. The first-order chi connectivity index (χ1) is 11.5. The molecule has 0 saturated heterocycles. The van der Waals surface area contributed by atoms with E-state index in [9.17, 15) is 9.18 Å². The number of anilines is 2. The first-order valence-electron chi connectivity index (χ1n) is 6.88. The lowest BCUT2D eigenvalue weighted by Crippen LogP contribution is -2.30. The Bertz CT molecular complexity index is 723. The second-order valence-corrected chi connectivity index (χ2v) is 5.99. The fourth-order valence-electron chi connectivity index (χ4n) is 1.74. The SMILES string of the molecule is Cl.O=C(NOC[C@@H](O)CO)c1ccncc1Nc1ccc(I)cc1F. The highest BCUT2D eigenvalue weighted by molar-refractivity contribution is 14.1. The molecule has 1 atom stereocenters. The van der Waals surface area contributed by atoms with Crippen LogP contribution in [0.2, 0.25) is 0 Å². The van der Waals surface area contributed by atoms with Crippen LogP contribution in [0.25, 0.3) is 0 Å². The maximum Gasteiger partial charge on any atom is 0.277 e. The van der Waals surface area contributed by atoms with Gasteiger partial charge in [0.25, 0.3) is 5.91 Å². The molecule has 0 bridgehead atoms. The van der Waals surface area contributed by atoms with Gasteiger partial charge in [-0.05, 0) is 46.9 Å². The van der Waals surface area contributed by atoms with Crippen molar-refractivity contribution >= 4 is 52.3 Å². The fraction of sp³-hybridized carbons (Fsp3) is 0.200. The smallest absolute Gasteiger partial charge is 0.277 e. The zero-order valence-electron chi connectivity index (χ0n) is 12.8. The zero-order chi connectivity index (χ0) is 17.5. The largest absolute Gasteiger partial charge is 0.394 e. The van der Waals surface area contributed by atoms with Gasteiger partial charge in [0.1, 0.15) is 18.5 Å². The third-order valence-corrected chi connectivity index (χ3v) is 3.59. The number of pyridine rings is 1. The topological polar surface area (TPSA) is 104 Å². The number of hydrogen-bond donors (Lipinski definition) is 4. The monoisotopic (exact) mass is 483 g/mol. The lowest BCUT2D eigenvalue weighted by Gasteiger charge is -2.13. The molecule has 2 rings (SSSR count). The van der Waals surface area contributed by atoms with Crippen LogP contribution in [0.4, 0.5) is 15.8 Å². The molecule has 0 radical (unpaired) electrons. The lowest BCUT2D eigenvalue weighted by molar-refractivity contribution is -0.0295. The molecule has 0 aliphatic carbocycles. The highest BCUT2D eigenvalue weighted by Gasteiger charge is 2.14. The van der Waals surface area contributed by atoms with E-state index >= 15 is 0 Å². The van der Waals surface area contributed by atoms with Crippen LogP contribution < -0.4 is 10.8 Å². The Morgan fingerprint density at radius 1 is 1.36 bits per heavy atom. The molecule has 1 aromatic heterocycles. The lowest BCUT2D eigenvalue weighted by atomic mass is 10.2. The van der Waals surface area contributed by atoms with E-state index in [0.29, 0.717) is 5.69 Å². The minimum absolute atomic E-state index is 0. The maximum absolute atomic E-state index is 13.9. The standard InChI is InChI=1S/C15H15FIN3O4.ClH/c16-12-5-9(17)1-2-13(12)19-14-6-18-4-3-11(14)15(23)20-24-8-10(22)7-21;/h1-6,10,19,21-22H,7-8H2,(H,20,23);1H/t10-;/m0./s1. The van der Waals surface area contributed by atoms with Crippen LogP contribution in [0.1, 0.15) is 10.4 Å². The normalized spacial score (nSPS) is 11.4. The number of aromatic nitrogens is 1. The van der Waals surface area contributed by atoms with E-state index in [1.807, 2.05) is 22.6 Å². The van der Waals surface area contributed by atoms with Gasteiger partial charge in [-0.1, -0.05) is 0 Å². The first-order valence-corrected chi connectivity index (χ1v) is 7.96. The summed E-state index contributed by atoms with van der Waals surface area (Å²) >= 11 is 1.99. The molecule has 10 heteroatoms. The van der Waals surface area contributed by atoms with Crippen LogP contribution in [0.3, 0.4) is 0 Å². The molecule has 1 heterocycles. The van der Waals surface area contributed by atoms with Gasteiger partial charge in [0.2, 0.25) is 0 Å². The molecule has 0 aliphatic heterocycles. The summed E-state index contributed by atoms with van der Waals surface area (Å²) in [7, 11) is 0. The van der Waals surface area contributed by atoms with Gasteiger partial charge < -0.3 is 15.5 Å². The zero-order valence-corrected chi connectivity index (χ0v) is 15.8. The molecular formula is C15H16ClFIN3O4. The number of benzene rings is 1.